The second-order valence-corrected chi connectivity index (χ2v) is 5.42. The molecule has 1 saturated heterocycles. The Morgan fingerprint density at radius 2 is 2.23 bits per heavy atom. The summed E-state index contributed by atoms with van der Waals surface area (Å²) in [6, 6.07) is 7.26. The molecule has 4 heterocycles. The van der Waals surface area contributed by atoms with E-state index in [9.17, 15) is 4.79 Å². The lowest BCUT2D eigenvalue weighted by atomic mass is 9.95. The molecule has 3 aromatic rings. The van der Waals surface area contributed by atoms with Crippen LogP contribution >= 0.6 is 0 Å². The second kappa shape index (κ2) is 5.18. The summed E-state index contributed by atoms with van der Waals surface area (Å²) in [4.78, 5) is 18.2. The van der Waals surface area contributed by atoms with E-state index >= 15 is 0 Å². The molecule has 2 amide bonds. The molecular formula is C15H15N5O2. The van der Waals surface area contributed by atoms with Crippen molar-refractivity contribution in [3.05, 3.63) is 48.7 Å². The molecule has 0 radical (unpaired) electrons. The number of carbonyl (C=O) groups is 1. The van der Waals surface area contributed by atoms with Gasteiger partial charge in [-0.05, 0) is 18.2 Å². The molecule has 1 N–H and O–H groups in total. The van der Waals surface area contributed by atoms with Gasteiger partial charge < -0.3 is 9.32 Å². The number of hydrogen-bond donors (Lipinski definition) is 1. The standard InChI is InChI=1S/C15H15N5O2/c21-15(18-14-3-5-16-13-4-6-17-20(13)14)19-9-11(10-19)8-12-2-1-7-22-12/h1-7,11H,8-10H2,(H,18,21). The van der Waals surface area contributed by atoms with E-state index in [-0.39, 0.29) is 6.03 Å². The molecule has 0 atom stereocenters. The van der Waals surface area contributed by atoms with Crippen molar-refractivity contribution in [2.75, 3.05) is 18.4 Å². The molecule has 1 fully saturated rings. The van der Waals surface area contributed by atoms with Crippen molar-refractivity contribution in [2.24, 2.45) is 5.92 Å². The number of hydrogen-bond acceptors (Lipinski definition) is 4. The lowest BCUT2D eigenvalue weighted by Gasteiger charge is -2.38. The highest BCUT2D eigenvalue weighted by atomic mass is 16.3. The first kappa shape index (κ1) is 12.9. The van der Waals surface area contributed by atoms with E-state index < -0.39 is 0 Å². The Balaban J connectivity index is 1.37. The third-order valence-electron chi connectivity index (χ3n) is 3.84. The highest BCUT2D eigenvalue weighted by molar-refractivity contribution is 5.89. The van der Waals surface area contributed by atoms with E-state index in [2.05, 4.69) is 15.4 Å². The lowest BCUT2D eigenvalue weighted by molar-refractivity contribution is 0.127. The fraction of sp³-hybridized carbons (Fsp3) is 0.267. The van der Waals surface area contributed by atoms with Crippen LogP contribution in [0.5, 0.6) is 0 Å². The van der Waals surface area contributed by atoms with E-state index in [1.165, 1.54) is 0 Å². The number of fused-ring (bicyclic) bond motifs is 1. The van der Waals surface area contributed by atoms with Gasteiger partial charge >= 0.3 is 6.03 Å². The fourth-order valence-corrected chi connectivity index (χ4v) is 2.70. The number of carbonyl (C=O) groups excluding carboxylic acids is 1. The number of anilines is 1. The first-order valence-corrected chi connectivity index (χ1v) is 7.16. The molecule has 0 aliphatic carbocycles. The van der Waals surface area contributed by atoms with Crippen molar-refractivity contribution in [1.29, 1.82) is 0 Å². The lowest BCUT2D eigenvalue weighted by Crippen LogP contribution is -2.52. The number of likely N-dealkylation sites (tertiary alicyclic amines) is 1. The van der Waals surface area contributed by atoms with Gasteiger partial charge in [0.25, 0.3) is 0 Å². The van der Waals surface area contributed by atoms with E-state index in [0.29, 0.717) is 17.4 Å². The first-order chi connectivity index (χ1) is 10.8. The van der Waals surface area contributed by atoms with Crippen LogP contribution in [0.1, 0.15) is 5.76 Å². The minimum Gasteiger partial charge on any atom is -0.469 e. The normalized spacial score (nSPS) is 15.0. The maximum absolute atomic E-state index is 12.2. The Bertz CT molecular complexity index is 789. The van der Waals surface area contributed by atoms with Crippen molar-refractivity contribution in [1.82, 2.24) is 19.5 Å². The average molecular weight is 297 g/mol. The summed E-state index contributed by atoms with van der Waals surface area (Å²) < 4.78 is 6.94. The zero-order valence-corrected chi connectivity index (χ0v) is 11.8. The molecule has 0 aromatic carbocycles. The molecule has 4 rings (SSSR count). The third-order valence-corrected chi connectivity index (χ3v) is 3.84. The van der Waals surface area contributed by atoms with Crippen molar-refractivity contribution in [3.8, 4) is 0 Å². The maximum atomic E-state index is 12.2. The number of furan rings is 1. The number of nitrogens with one attached hydrogen (secondary N) is 1. The topological polar surface area (TPSA) is 75.7 Å². The molecule has 0 saturated carbocycles. The molecule has 7 heteroatoms. The Hall–Kier alpha value is -2.83. The molecule has 0 spiro atoms. The van der Waals surface area contributed by atoms with Crippen LogP contribution < -0.4 is 5.32 Å². The van der Waals surface area contributed by atoms with E-state index in [1.807, 2.05) is 12.1 Å². The zero-order valence-electron chi connectivity index (χ0n) is 11.8. The molecule has 0 bridgehead atoms. The van der Waals surface area contributed by atoms with Gasteiger partial charge in [-0.25, -0.2) is 9.78 Å². The molecule has 112 valence electrons. The highest BCUT2D eigenvalue weighted by Gasteiger charge is 2.31. The molecular weight excluding hydrogens is 282 g/mol. The van der Waals surface area contributed by atoms with Gasteiger partial charge in [-0.1, -0.05) is 0 Å². The zero-order chi connectivity index (χ0) is 14.9. The van der Waals surface area contributed by atoms with Crippen molar-refractivity contribution < 1.29 is 9.21 Å². The monoisotopic (exact) mass is 297 g/mol. The second-order valence-electron chi connectivity index (χ2n) is 5.42. The fourth-order valence-electron chi connectivity index (χ4n) is 2.70. The van der Waals surface area contributed by atoms with Crippen molar-refractivity contribution in [3.63, 3.8) is 0 Å². The van der Waals surface area contributed by atoms with Gasteiger partial charge in [0.2, 0.25) is 0 Å². The SMILES string of the molecule is O=C(Nc1ccnc2ccnn12)N1CC(Cc2ccco2)C1. The highest BCUT2D eigenvalue weighted by Crippen LogP contribution is 2.21. The molecule has 7 nitrogen and oxygen atoms in total. The molecule has 1 aliphatic heterocycles. The predicted octanol–water partition coefficient (Wildman–Crippen LogP) is 2.03. The Morgan fingerprint density at radius 3 is 3.05 bits per heavy atom. The quantitative estimate of drug-likeness (QED) is 0.802. The van der Waals surface area contributed by atoms with Crippen LogP contribution in [-0.4, -0.2) is 38.6 Å². The third kappa shape index (κ3) is 2.30. The van der Waals surface area contributed by atoms with Gasteiger partial charge in [0.15, 0.2) is 5.65 Å². The van der Waals surface area contributed by atoms with Crippen molar-refractivity contribution in [2.45, 2.75) is 6.42 Å². The first-order valence-electron chi connectivity index (χ1n) is 7.16. The summed E-state index contributed by atoms with van der Waals surface area (Å²) in [5.74, 6) is 2.05. The minimum absolute atomic E-state index is 0.112. The Kier molecular flexibility index (Phi) is 3.03. The Labute approximate surface area is 126 Å². The molecule has 3 aromatic heterocycles. The summed E-state index contributed by atoms with van der Waals surface area (Å²) in [6.07, 6.45) is 5.86. The summed E-state index contributed by atoms with van der Waals surface area (Å²) in [5, 5.41) is 7.02. The van der Waals surface area contributed by atoms with Crippen LogP contribution in [0.3, 0.4) is 0 Å². The number of urea groups is 1. The van der Waals surface area contributed by atoms with E-state index in [1.54, 1.807) is 40.2 Å². The summed E-state index contributed by atoms with van der Waals surface area (Å²) in [5.41, 5.74) is 0.706. The van der Waals surface area contributed by atoms with Gasteiger partial charge in [0.1, 0.15) is 11.6 Å². The average Bonchev–Trinajstić information content (AvgIpc) is 3.13. The van der Waals surface area contributed by atoms with Crippen LogP contribution in [0.4, 0.5) is 10.6 Å². The molecule has 0 unspecified atom stereocenters. The van der Waals surface area contributed by atoms with Crippen LogP contribution in [0.2, 0.25) is 0 Å². The molecule has 22 heavy (non-hydrogen) atoms. The van der Waals surface area contributed by atoms with Gasteiger partial charge in [-0.15, -0.1) is 0 Å². The summed E-state index contributed by atoms with van der Waals surface area (Å²) >= 11 is 0. The van der Waals surface area contributed by atoms with Crippen LogP contribution in [0, 0.1) is 5.92 Å². The van der Waals surface area contributed by atoms with Crippen LogP contribution in [0.15, 0.2) is 47.3 Å². The van der Waals surface area contributed by atoms with Gasteiger partial charge in [-0.3, -0.25) is 5.32 Å². The molecule has 1 aliphatic rings. The van der Waals surface area contributed by atoms with Gasteiger partial charge in [-0.2, -0.15) is 9.61 Å². The van der Waals surface area contributed by atoms with Crippen molar-refractivity contribution >= 4 is 17.5 Å². The largest absolute Gasteiger partial charge is 0.469 e. The number of amides is 2. The summed E-state index contributed by atoms with van der Waals surface area (Å²) in [6.45, 7) is 1.47. The maximum Gasteiger partial charge on any atom is 0.323 e. The predicted molar refractivity (Wildman–Crippen MR) is 79.5 cm³/mol. The van der Waals surface area contributed by atoms with Crippen LogP contribution in [-0.2, 0) is 6.42 Å². The Morgan fingerprint density at radius 1 is 1.32 bits per heavy atom. The van der Waals surface area contributed by atoms with E-state index in [0.717, 1.165) is 25.3 Å². The van der Waals surface area contributed by atoms with Crippen LogP contribution in [0.25, 0.3) is 5.65 Å². The number of aromatic nitrogens is 3. The summed E-state index contributed by atoms with van der Waals surface area (Å²) in [7, 11) is 0. The number of nitrogens with zero attached hydrogens (tertiary/aromatic N) is 4. The van der Waals surface area contributed by atoms with Gasteiger partial charge in [0, 0.05) is 37.7 Å². The minimum atomic E-state index is -0.112. The smallest absolute Gasteiger partial charge is 0.323 e. The van der Waals surface area contributed by atoms with Gasteiger partial charge in [0.05, 0.1) is 12.5 Å². The van der Waals surface area contributed by atoms with E-state index in [4.69, 9.17) is 4.42 Å². The number of rotatable bonds is 3.